The third-order valence-electron chi connectivity index (χ3n) is 5.02. The van der Waals surface area contributed by atoms with Gasteiger partial charge in [0.2, 0.25) is 5.60 Å². The zero-order valence-electron chi connectivity index (χ0n) is 16.4. The van der Waals surface area contributed by atoms with E-state index < -0.39 is 17.5 Å². The van der Waals surface area contributed by atoms with Crippen molar-refractivity contribution in [2.45, 2.75) is 12.0 Å². The van der Waals surface area contributed by atoms with E-state index in [-0.39, 0.29) is 17.9 Å². The highest BCUT2D eigenvalue weighted by molar-refractivity contribution is 5.94. The number of aromatic nitrogens is 3. The van der Waals surface area contributed by atoms with Crippen LogP contribution in [0, 0.1) is 11.8 Å². The number of carbonyl (C=O) groups is 2. The Morgan fingerprint density at radius 3 is 2.90 bits per heavy atom. The molecule has 1 atom stereocenters. The first-order chi connectivity index (χ1) is 14.3. The van der Waals surface area contributed by atoms with Gasteiger partial charge in [-0.05, 0) is 12.1 Å². The van der Waals surface area contributed by atoms with Gasteiger partial charge < -0.3 is 20.5 Å². The van der Waals surface area contributed by atoms with E-state index >= 15 is 0 Å². The molecule has 0 aliphatic carbocycles. The zero-order valence-corrected chi connectivity index (χ0v) is 16.4. The van der Waals surface area contributed by atoms with Crippen molar-refractivity contribution in [1.82, 2.24) is 19.3 Å². The van der Waals surface area contributed by atoms with Gasteiger partial charge >= 0.3 is 5.97 Å². The lowest BCUT2D eigenvalue weighted by Gasteiger charge is -2.13. The van der Waals surface area contributed by atoms with Gasteiger partial charge in [0.1, 0.15) is 11.5 Å². The average molecular weight is 405 g/mol. The van der Waals surface area contributed by atoms with E-state index in [4.69, 9.17) is 10.5 Å². The first-order valence-corrected chi connectivity index (χ1v) is 9.16. The minimum Gasteiger partial charge on any atom is -0.464 e. The second-order valence-electron chi connectivity index (χ2n) is 6.97. The zero-order chi connectivity index (χ0) is 21.5. The third-order valence-corrected chi connectivity index (χ3v) is 5.02. The Kier molecular flexibility index (Phi) is 4.64. The molecule has 9 nitrogen and oxygen atoms in total. The van der Waals surface area contributed by atoms with Crippen LogP contribution in [0.5, 0.6) is 0 Å². The van der Waals surface area contributed by atoms with E-state index in [9.17, 15) is 14.7 Å². The molecule has 9 heteroatoms. The number of likely N-dealkylation sites (N-methyl/N-ethyl adjacent to an activating group) is 1. The SMILES string of the molecule is COC(=O)c1nc(-c2cccc(C#C[C@]3(O)CCN(C)C3=O)c2)c2nccn2c1N. The van der Waals surface area contributed by atoms with Gasteiger partial charge in [-0.2, -0.15) is 0 Å². The fourth-order valence-corrected chi connectivity index (χ4v) is 3.34. The number of fused-ring (bicyclic) bond motifs is 1. The molecular weight excluding hydrogens is 386 g/mol. The van der Waals surface area contributed by atoms with Gasteiger partial charge in [-0.15, -0.1) is 0 Å². The number of nitrogen functional groups attached to an aromatic ring is 1. The van der Waals surface area contributed by atoms with Crippen LogP contribution in [0.4, 0.5) is 5.82 Å². The summed E-state index contributed by atoms with van der Waals surface area (Å²) in [5.74, 6) is 4.62. The van der Waals surface area contributed by atoms with Crippen molar-refractivity contribution in [3.63, 3.8) is 0 Å². The Bertz CT molecular complexity index is 1240. The molecule has 1 aliphatic heterocycles. The Labute approximate surface area is 172 Å². The molecule has 0 radical (unpaired) electrons. The molecule has 0 bridgehead atoms. The number of likely N-dealkylation sites (tertiary alicyclic amines) is 1. The summed E-state index contributed by atoms with van der Waals surface area (Å²) in [7, 11) is 2.88. The predicted octanol–water partition coefficient (Wildman–Crippen LogP) is 0.710. The number of anilines is 1. The Hall–Kier alpha value is -3.90. The van der Waals surface area contributed by atoms with E-state index in [1.807, 2.05) is 0 Å². The van der Waals surface area contributed by atoms with Crippen LogP contribution in [0.2, 0.25) is 0 Å². The van der Waals surface area contributed by atoms with E-state index in [1.165, 1.54) is 12.0 Å². The lowest BCUT2D eigenvalue weighted by atomic mass is 10.0. The van der Waals surface area contributed by atoms with Crippen LogP contribution in [0.25, 0.3) is 16.9 Å². The fourth-order valence-electron chi connectivity index (χ4n) is 3.34. The van der Waals surface area contributed by atoms with E-state index in [1.54, 1.807) is 48.1 Å². The van der Waals surface area contributed by atoms with Gasteiger partial charge in [0.15, 0.2) is 11.3 Å². The maximum Gasteiger partial charge on any atom is 0.360 e. The van der Waals surface area contributed by atoms with E-state index in [0.29, 0.717) is 29.0 Å². The summed E-state index contributed by atoms with van der Waals surface area (Å²) in [6.07, 6.45) is 3.44. The summed E-state index contributed by atoms with van der Waals surface area (Å²) in [6, 6.07) is 7.06. The second kappa shape index (κ2) is 7.17. The summed E-state index contributed by atoms with van der Waals surface area (Å²) < 4.78 is 6.34. The van der Waals surface area contributed by atoms with Gasteiger partial charge in [-0.1, -0.05) is 24.0 Å². The number of rotatable bonds is 2. The average Bonchev–Trinajstić information content (AvgIpc) is 3.34. The lowest BCUT2D eigenvalue weighted by Crippen LogP contribution is -2.37. The molecule has 0 spiro atoms. The fraction of sp³-hybridized carbons (Fsp3) is 0.238. The monoisotopic (exact) mass is 405 g/mol. The molecule has 1 aliphatic rings. The molecule has 3 heterocycles. The molecule has 1 fully saturated rings. The number of aliphatic hydroxyl groups is 1. The molecular formula is C21H19N5O4. The Morgan fingerprint density at radius 2 is 2.20 bits per heavy atom. The number of ether oxygens (including phenoxy) is 1. The lowest BCUT2D eigenvalue weighted by molar-refractivity contribution is -0.137. The highest BCUT2D eigenvalue weighted by Crippen LogP contribution is 2.27. The summed E-state index contributed by atoms with van der Waals surface area (Å²) in [4.78, 5) is 34.4. The summed E-state index contributed by atoms with van der Waals surface area (Å²) in [5.41, 5.74) is 6.45. The standard InChI is InChI=1S/C21H19N5O4/c1-25-10-8-21(29,20(25)28)7-6-13-4-3-5-14(12-13)15-18-23-9-11-26(18)17(22)16(24-15)19(27)30-2/h3-5,9,11-12,29H,8,10,22H2,1-2H3/t21-/m0/s1. The minimum atomic E-state index is -1.68. The minimum absolute atomic E-state index is 0.0246. The highest BCUT2D eigenvalue weighted by Gasteiger charge is 2.42. The number of imidazole rings is 1. The van der Waals surface area contributed by atoms with Crippen LogP contribution in [0.15, 0.2) is 36.7 Å². The Morgan fingerprint density at radius 1 is 1.40 bits per heavy atom. The number of hydrogen-bond donors (Lipinski definition) is 2. The molecule has 1 aromatic carbocycles. The van der Waals surface area contributed by atoms with Crippen LogP contribution >= 0.6 is 0 Å². The number of nitrogens with zero attached hydrogens (tertiary/aromatic N) is 4. The maximum absolute atomic E-state index is 12.1. The smallest absolute Gasteiger partial charge is 0.360 e. The molecule has 2 aromatic heterocycles. The molecule has 0 saturated carbocycles. The number of hydrogen-bond acceptors (Lipinski definition) is 7. The Balaban J connectivity index is 1.79. The predicted molar refractivity (Wildman–Crippen MR) is 108 cm³/mol. The van der Waals surface area contributed by atoms with Gasteiger partial charge in [-0.3, -0.25) is 9.20 Å². The topological polar surface area (TPSA) is 123 Å². The van der Waals surface area contributed by atoms with Crippen molar-refractivity contribution in [2.24, 2.45) is 0 Å². The number of amides is 1. The molecule has 0 unspecified atom stereocenters. The largest absolute Gasteiger partial charge is 0.464 e. The number of methoxy groups -OCH3 is 1. The maximum atomic E-state index is 12.1. The van der Waals surface area contributed by atoms with Gasteiger partial charge in [0, 0.05) is 43.5 Å². The highest BCUT2D eigenvalue weighted by atomic mass is 16.5. The molecule has 1 saturated heterocycles. The molecule has 30 heavy (non-hydrogen) atoms. The summed E-state index contributed by atoms with van der Waals surface area (Å²) in [5, 5.41) is 10.5. The van der Waals surface area contributed by atoms with Crippen molar-refractivity contribution in [2.75, 3.05) is 26.4 Å². The molecule has 4 rings (SSSR count). The van der Waals surface area contributed by atoms with Crippen molar-refractivity contribution in [3.05, 3.63) is 47.9 Å². The normalized spacial score (nSPS) is 18.4. The van der Waals surface area contributed by atoms with Crippen LogP contribution in [0.3, 0.4) is 0 Å². The van der Waals surface area contributed by atoms with Crippen LogP contribution in [-0.4, -0.2) is 62.6 Å². The van der Waals surface area contributed by atoms with Crippen LogP contribution in [-0.2, 0) is 9.53 Å². The van der Waals surface area contributed by atoms with Crippen LogP contribution in [0.1, 0.15) is 22.5 Å². The molecule has 3 aromatic rings. The van der Waals surface area contributed by atoms with E-state index in [2.05, 4.69) is 21.8 Å². The first kappa shape index (κ1) is 19.4. The molecule has 152 valence electrons. The number of benzene rings is 1. The summed E-state index contributed by atoms with van der Waals surface area (Å²) in [6.45, 7) is 0.452. The van der Waals surface area contributed by atoms with Crippen LogP contribution < -0.4 is 5.73 Å². The van der Waals surface area contributed by atoms with Gasteiger partial charge in [0.25, 0.3) is 5.91 Å². The van der Waals surface area contributed by atoms with E-state index in [0.717, 1.165) is 0 Å². The number of esters is 1. The third kappa shape index (κ3) is 3.13. The molecule has 3 N–H and O–H groups in total. The first-order valence-electron chi connectivity index (χ1n) is 9.16. The van der Waals surface area contributed by atoms with Crippen molar-refractivity contribution >= 4 is 23.3 Å². The molecule has 1 amide bonds. The number of nitrogens with two attached hydrogens (primary N) is 1. The van der Waals surface area contributed by atoms with Crippen molar-refractivity contribution in [3.8, 4) is 23.1 Å². The van der Waals surface area contributed by atoms with Gasteiger partial charge in [0.05, 0.1) is 7.11 Å². The second-order valence-corrected chi connectivity index (χ2v) is 6.97. The van der Waals surface area contributed by atoms with Crippen molar-refractivity contribution < 1.29 is 19.4 Å². The van der Waals surface area contributed by atoms with Gasteiger partial charge in [-0.25, -0.2) is 14.8 Å². The summed E-state index contributed by atoms with van der Waals surface area (Å²) >= 11 is 0. The van der Waals surface area contributed by atoms with Crippen molar-refractivity contribution in [1.29, 1.82) is 0 Å². The number of carbonyl (C=O) groups excluding carboxylic acids is 2. The quantitative estimate of drug-likeness (QED) is 0.475.